The molecule has 1 nitrogen and oxygen atoms in total. The zero-order valence-corrected chi connectivity index (χ0v) is 12.8. The lowest BCUT2D eigenvalue weighted by atomic mass is 9.99. The molecule has 0 saturated heterocycles. The standard InChI is InChI=1S/C17H17BrFN/c18-15-10-9-13(19)11-17(15)20-16-8-4-2-6-12-5-1-3-7-14(12)16/h1,3,5,7,9-11,16,20H,2,4,6,8H2. The maximum absolute atomic E-state index is 13.4. The number of benzene rings is 2. The van der Waals surface area contributed by atoms with E-state index in [0.717, 1.165) is 23.0 Å². The van der Waals surface area contributed by atoms with Gasteiger partial charge in [-0.1, -0.05) is 30.7 Å². The van der Waals surface area contributed by atoms with Crippen LogP contribution in [0.1, 0.15) is 36.4 Å². The fourth-order valence-electron chi connectivity index (χ4n) is 2.87. The van der Waals surface area contributed by atoms with E-state index in [0.29, 0.717) is 0 Å². The maximum atomic E-state index is 13.4. The molecule has 1 aliphatic rings. The quantitative estimate of drug-likeness (QED) is 0.718. The number of nitrogens with one attached hydrogen (secondary N) is 1. The molecular formula is C17H17BrFN. The molecule has 0 bridgehead atoms. The first kappa shape index (κ1) is 13.6. The predicted octanol–water partition coefficient (Wildman–Crippen LogP) is 5.47. The van der Waals surface area contributed by atoms with Crippen molar-refractivity contribution in [2.24, 2.45) is 0 Å². The van der Waals surface area contributed by atoms with Gasteiger partial charge < -0.3 is 5.32 Å². The lowest BCUT2D eigenvalue weighted by Crippen LogP contribution is -2.11. The molecule has 0 radical (unpaired) electrons. The van der Waals surface area contributed by atoms with Crippen LogP contribution >= 0.6 is 15.9 Å². The molecule has 1 aliphatic carbocycles. The van der Waals surface area contributed by atoms with Gasteiger partial charge in [0.1, 0.15) is 5.82 Å². The maximum Gasteiger partial charge on any atom is 0.125 e. The zero-order chi connectivity index (χ0) is 13.9. The fourth-order valence-corrected chi connectivity index (χ4v) is 3.23. The molecule has 3 rings (SSSR count). The molecule has 3 heteroatoms. The Labute approximate surface area is 127 Å². The van der Waals surface area contributed by atoms with E-state index in [1.165, 1.54) is 30.0 Å². The summed E-state index contributed by atoms with van der Waals surface area (Å²) in [6.07, 6.45) is 4.64. The van der Waals surface area contributed by atoms with E-state index in [1.807, 2.05) is 0 Å². The Balaban J connectivity index is 1.92. The summed E-state index contributed by atoms with van der Waals surface area (Å²) in [6, 6.07) is 13.6. The molecule has 0 aromatic heterocycles. The summed E-state index contributed by atoms with van der Waals surface area (Å²) < 4.78 is 14.3. The van der Waals surface area contributed by atoms with Crippen molar-refractivity contribution in [1.82, 2.24) is 0 Å². The summed E-state index contributed by atoms with van der Waals surface area (Å²) in [5.41, 5.74) is 3.59. The van der Waals surface area contributed by atoms with Gasteiger partial charge in [0, 0.05) is 4.47 Å². The van der Waals surface area contributed by atoms with Crippen LogP contribution in [-0.4, -0.2) is 0 Å². The number of halogens is 2. The Morgan fingerprint density at radius 1 is 1.10 bits per heavy atom. The van der Waals surface area contributed by atoms with E-state index in [1.54, 1.807) is 12.1 Å². The summed E-state index contributed by atoms with van der Waals surface area (Å²) in [4.78, 5) is 0. The van der Waals surface area contributed by atoms with Gasteiger partial charge in [-0.25, -0.2) is 4.39 Å². The van der Waals surface area contributed by atoms with Gasteiger partial charge in [-0.15, -0.1) is 0 Å². The minimum atomic E-state index is -0.211. The first-order valence-electron chi connectivity index (χ1n) is 7.03. The highest BCUT2D eigenvalue weighted by Crippen LogP contribution is 2.33. The average molecular weight is 334 g/mol. The third-order valence-electron chi connectivity index (χ3n) is 3.88. The summed E-state index contributed by atoms with van der Waals surface area (Å²) in [6.45, 7) is 0. The van der Waals surface area contributed by atoms with Crippen molar-refractivity contribution in [1.29, 1.82) is 0 Å². The number of hydrogen-bond acceptors (Lipinski definition) is 1. The van der Waals surface area contributed by atoms with E-state index < -0.39 is 0 Å². The second kappa shape index (κ2) is 5.96. The van der Waals surface area contributed by atoms with Crippen molar-refractivity contribution in [3.05, 3.63) is 63.9 Å². The second-order valence-corrected chi connectivity index (χ2v) is 6.12. The monoisotopic (exact) mass is 333 g/mol. The molecule has 0 saturated carbocycles. The molecular weight excluding hydrogens is 317 g/mol. The number of rotatable bonds is 2. The van der Waals surface area contributed by atoms with Gasteiger partial charge in [0.2, 0.25) is 0 Å². The molecule has 2 aromatic carbocycles. The molecule has 1 N–H and O–H groups in total. The van der Waals surface area contributed by atoms with Crippen molar-refractivity contribution in [3.63, 3.8) is 0 Å². The lowest BCUT2D eigenvalue weighted by Gasteiger charge is -2.21. The Bertz CT molecular complexity index is 612. The Hall–Kier alpha value is -1.35. The van der Waals surface area contributed by atoms with Crippen LogP contribution in [0.25, 0.3) is 0 Å². The summed E-state index contributed by atoms with van der Waals surface area (Å²) in [7, 11) is 0. The number of fused-ring (bicyclic) bond motifs is 1. The molecule has 2 aromatic rings. The van der Waals surface area contributed by atoms with E-state index in [9.17, 15) is 4.39 Å². The van der Waals surface area contributed by atoms with Crippen LogP contribution < -0.4 is 5.32 Å². The highest BCUT2D eigenvalue weighted by atomic mass is 79.9. The van der Waals surface area contributed by atoms with Crippen LogP contribution in [0.15, 0.2) is 46.9 Å². The first-order chi connectivity index (χ1) is 9.74. The minimum Gasteiger partial charge on any atom is -0.377 e. The van der Waals surface area contributed by atoms with Crippen molar-refractivity contribution < 1.29 is 4.39 Å². The van der Waals surface area contributed by atoms with E-state index in [-0.39, 0.29) is 11.9 Å². The van der Waals surface area contributed by atoms with Crippen molar-refractivity contribution in [3.8, 4) is 0 Å². The second-order valence-electron chi connectivity index (χ2n) is 5.27. The summed E-state index contributed by atoms with van der Waals surface area (Å²) in [5.74, 6) is -0.211. The third kappa shape index (κ3) is 2.88. The van der Waals surface area contributed by atoms with Crippen LogP contribution in [0.5, 0.6) is 0 Å². The Kier molecular flexibility index (Phi) is 4.06. The average Bonchev–Trinajstić information content (AvgIpc) is 2.66. The normalized spacial score (nSPS) is 18.2. The summed E-state index contributed by atoms with van der Waals surface area (Å²) in [5, 5.41) is 3.50. The Morgan fingerprint density at radius 3 is 2.85 bits per heavy atom. The van der Waals surface area contributed by atoms with Crippen LogP contribution in [0, 0.1) is 5.82 Å². The van der Waals surface area contributed by atoms with E-state index in [2.05, 4.69) is 45.5 Å². The predicted molar refractivity (Wildman–Crippen MR) is 84.5 cm³/mol. The van der Waals surface area contributed by atoms with Crippen molar-refractivity contribution in [2.45, 2.75) is 31.7 Å². The fraction of sp³-hybridized carbons (Fsp3) is 0.294. The topological polar surface area (TPSA) is 12.0 Å². The lowest BCUT2D eigenvalue weighted by molar-refractivity contribution is 0.624. The van der Waals surface area contributed by atoms with Gasteiger partial charge in [0.05, 0.1) is 11.7 Å². The molecule has 0 fully saturated rings. The van der Waals surface area contributed by atoms with Crippen LogP contribution in [0.2, 0.25) is 0 Å². The van der Waals surface area contributed by atoms with Crippen LogP contribution in [0.3, 0.4) is 0 Å². The molecule has 0 heterocycles. The van der Waals surface area contributed by atoms with Gasteiger partial charge in [0.25, 0.3) is 0 Å². The minimum absolute atomic E-state index is 0.211. The third-order valence-corrected chi connectivity index (χ3v) is 4.57. The van der Waals surface area contributed by atoms with Gasteiger partial charge in [-0.05, 0) is 64.5 Å². The number of hydrogen-bond donors (Lipinski definition) is 1. The summed E-state index contributed by atoms with van der Waals surface area (Å²) >= 11 is 3.49. The van der Waals surface area contributed by atoms with Crippen molar-refractivity contribution in [2.75, 3.05) is 5.32 Å². The van der Waals surface area contributed by atoms with Crippen LogP contribution in [0.4, 0.5) is 10.1 Å². The van der Waals surface area contributed by atoms with Crippen LogP contribution in [-0.2, 0) is 6.42 Å². The largest absolute Gasteiger partial charge is 0.377 e. The van der Waals surface area contributed by atoms with Crippen molar-refractivity contribution >= 4 is 21.6 Å². The van der Waals surface area contributed by atoms with Gasteiger partial charge in [-0.3, -0.25) is 0 Å². The molecule has 20 heavy (non-hydrogen) atoms. The highest BCUT2D eigenvalue weighted by Gasteiger charge is 2.18. The molecule has 104 valence electrons. The van der Waals surface area contributed by atoms with E-state index in [4.69, 9.17) is 0 Å². The molecule has 1 unspecified atom stereocenters. The smallest absolute Gasteiger partial charge is 0.125 e. The molecule has 0 amide bonds. The van der Waals surface area contributed by atoms with Gasteiger partial charge >= 0.3 is 0 Å². The van der Waals surface area contributed by atoms with E-state index >= 15 is 0 Å². The molecule has 1 atom stereocenters. The van der Waals surface area contributed by atoms with Gasteiger partial charge in [-0.2, -0.15) is 0 Å². The molecule has 0 spiro atoms. The van der Waals surface area contributed by atoms with Gasteiger partial charge in [0.15, 0.2) is 0 Å². The number of aryl methyl sites for hydroxylation is 1. The highest BCUT2D eigenvalue weighted by molar-refractivity contribution is 9.10. The molecule has 0 aliphatic heterocycles. The number of anilines is 1. The zero-order valence-electron chi connectivity index (χ0n) is 11.2. The SMILES string of the molecule is Fc1ccc(Br)c(NC2CCCCc3ccccc32)c1. The Morgan fingerprint density at radius 2 is 1.95 bits per heavy atom. The first-order valence-corrected chi connectivity index (χ1v) is 7.83.